The van der Waals surface area contributed by atoms with E-state index in [2.05, 4.69) is 5.32 Å². The molecule has 2 aromatic rings. The summed E-state index contributed by atoms with van der Waals surface area (Å²) < 4.78 is 26.1. The predicted molar refractivity (Wildman–Crippen MR) is 66.0 cm³/mol. The monoisotopic (exact) mass is 249 g/mol. The van der Waals surface area contributed by atoms with Gasteiger partial charge < -0.3 is 10.4 Å². The number of nitrogens with one attached hydrogen (secondary N) is 1. The Morgan fingerprint density at radius 2 is 1.78 bits per heavy atom. The summed E-state index contributed by atoms with van der Waals surface area (Å²) in [6, 6.07) is 10.7. The van der Waals surface area contributed by atoms with Crippen molar-refractivity contribution < 1.29 is 13.9 Å². The first kappa shape index (κ1) is 12.5. The maximum Gasteiger partial charge on any atom is 0.131 e. The van der Waals surface area contributed by atoms with Gasteiger partial charge >= 0.3 is 0 Å². The minimum atomic E-state index is -0.591. The summed E-state index contributed by atoms with van der Waals surface area (Å²) in [6.45, 7) is 0.151. The van der Waals surface area contributed by atoms with Crippen LogP contribution in [0.1, 0.15) is 11.1 Å². The minimum absolute atomic E-state index is 0.0882. The van der Waals surface area contributed by atoms with Gasteiger partial charge in [-0.15, -0.1) is 0 Å². The van der Waals surface area contributed by atoms with Crippen LogP contribution in [-0.4, -0.2) is 5.11 Å². The first-order valence-electron chi connectivity index (χ1n) is 5.57. The molecule has 0 aromatic heterocycles. The van der Waals surface area contributed by atoms with Gasteiger partial charge in [-0.25, -0.2) is 8.78 Å². The summed E-state index contributed by atoms with van der Waals surface area (Å²) in [7, 11) is 0. The quantitative estimate of drug-likeness (QED) is 0.872. The summed E-state index contributed by atoms with van der Waals surface area (Å²) in [6.07, 6.45) is 0. The summed E-state index contributed by atoms with van der Waals surface area (Å²) in [5.74, 6) is -1.17. The standard InChI is InChI=1S/C14H13F2NO/c15-12-6-5-10(13(16)7-12)8-17-14-4-2-1-3-11(14)9-18/h1-7,17-18H,8-9H2. The third kappa shape index (κ3) is 2.84. The summed E-state index contributed by atoms with van der Waals surface area (Å²) in [4.78, 5) is 0. The van der Waals surface area contributed by atoms with E-state index in [1.807, 2.05) is 12.1 Å². The molecule has 2 rings (SSSR count). The van der Waals surface area contributed by atoms with E-state index in [1.54, 1.807) is 12.1 Å². The summed E-state index contributed by atoms with van der Waals surface area (Å²) in [5.41, 5.74) is 1.85. The van der Waals surface area contributed by atoms with Crippen LogP contribution in [0.4, 0.5) is 14.5 Å². The van der Waals surface area contributed by atoms with Crippen molar-refractivity contribution in [3.05, 3.63) is 65.2 Å². The Bertz CT molecular complexity index is 543. The van der Waals surface area contributed by atoms with Crippen molar-refractivity contribution in [3.63, 3.8) is 0 Å². The molecule has 0 fully saturated rings. The zero-order valence-electron chi connectivity index (χ0n) is 9.66. The molecule has 0 atom stereocenters. The van der Waals surface area contributed by atoms with Crippen molar-refractivity contribution in [2.45, 2.75) is 13.2 Å². The molecule has 0 aliphatic carbocycles. The van der Waals surface area contributed by atoms with E-state index in [0.29, 0.717) is 5.56 Å². The van der Waals surface area contributed by atoms with Crippen molar-refractivity contribution >= 4 is 5.69 Å². The zero-order valence-corrected chi connectivity index (χ0v) is 9.66. The Kier molecular flexibility index (Phi) is 3.89. The maximum absolute atomic E-state index is 13.4. The van der Waals surface area contributed by atoms with E-state index >= 15 is 0 Å². The molecular weight excluding hydrogens is 236 g/mol. The van der Waals surface area contributed by atoms with Crippen LogP contribution >= 0.6 is 0 Å². The van der Waals surface area contributed by atoms with Gasteiger partial charge in [0.1, 0.15) is 11.6 Å². The molecule has 0 unspecified atom stereocenters. The molecule has 0 heterocycles. The fraction of sp³-hybridized carbons (Fsp3) is 0.143. The molecule has 2 N–H and O–H groups in total. The molecule has 0 bridgehead atoms. The van der Waals surface area contributed by atoms with Gasteiger partial charge in [0.05, 0.1) is 6.61 Å². The number of para-hydroxylation sites is 1. The van der Waals surface area contributed by atoms with Crippen LogP contribution in [0.3, 0.4) is 0 Å². The third-order valence-electron chi connectivity index (χ3n) is 2.67. The number of benzene rings is 2. The molecule has 0 radical (unpaired) electrons. The first-order valence-corrected chi connectivity index (χ1v) is 5.57. The van der Waals surface area contributed by atoms with E-state index in [0.717, 1.165) is 17.3 Å². The number of aliphatic hydroxyl groups excluding tert-OH is 1. The smallest absolute Gasteiger partial charge is 0.131 e. The second kappa shape index (κ2) is 5.60. The van der Waals surface area contributed by atoms with Gasteiger partial charge in [0.25, 0.3) is 0 Å². The molecule has 0 saturated carbocycles. The van der Waals surface area contributed by atoms with Crippen molar-refractivity contribution in [2.75, 3.05) is 5.32 Å². The lowest BCUT2D eigenvalue weighted by Crippen LogP contribution is -2.04. The van der Waals surface area contributed by atoms with Gasteiger partial charge in [-0.1, -0.05) is 24.3 Å². The van der Waals surface area contributed by atoms with Crippen molar-refractivity contribution in [2.24, 2.45) is 0 Å². The van der Waals surface area contributed by atoms with Gasteiger partial charge in [0.2, 0.25) is 0 Å². The van der Waals surface area contributed by atoms with E-state index < -0.39 is 11.6 Å². The number of rotatable bonds is 4. The van der Waals surface area contributed by atoms with Gasteiger partial charge in [-0.05, 0) is 12.1 Å². The molecule has 0 aliphatic rings. The fourth-order valence-corrected chi connectivity index (χ4v) is 1.69. The highest BCUT2D eigenvalue weighted by Crippen LogP contribution is 2.17. The van der Waals surface area contributed by atoms with Crippen LogP contribution in [0.2, 0.25) is 0 Å². The molecule has 0 saturated heterocycles. The zero-order chi connectivity index (χ0) is 13.0. The number of hydrogen-bond acceptors (Lipinski definition) is 2. The van der Waals surface area contributed by atoms with E-state index in [9.17, 15) is 8.78 Å². The summed E-state index contributed by atoms with van der Waals surface area (Å²) >= 11 is 0. The molecule has 0 aliphatic heterocycles. The van der Waals surface area contributed by atoms with Gasteiger partial charge in [-0.3, -0.25) is 0 Å². The Hall–Kier alpha value is -1.94. The molecular formula is C14H13F2NO. The van der Waals surface area contributed by atoms with Crippen molar-refractivity contribution in [1.29, 1.82) is 0 Å². The average molecular weight is 249 g/mol. The molecule has 0 spiro atoms. The van der Waals surface area contributed by atoms with Gasteiger partial charge in [-0.2, -0.15) is 0 Å². The first-order chi connectivity index (χ1) is 8.70. The van der Waals surface area contributed by atoms with Gasteiger partial charge in [0.15, 0.2) is 0 Å². The van der Waals surface area contributed by atoms with E-state index in [1.165, 1.54) is 12.1 Å². The second-order valence-electron chi connectivity index (χ2n) is 3.90. The molecule has 94 valence electrons. The number of halogens is 2. The highest BCUT2D eigenvalue weighted by molar-refractivity contribution is 5.51. The van der Waals surface area contributed by atoms with Crippen LogP contribution in [0.25, 0.3) is 0 Å². The van der Waals surface area contributed by atoms with Gasteiger partial charge in [0, 0.05) is 29.4 Å². The highest BCUT2D eigenvalue weighted by Gasteiger charge is 2.05. The lowest BCUT2D eigenvalue weighted by molar-refractivity contribution is 0.282. The molecule has 2 aromatic carbocycles. The van der Waals surface area contributed by atoms with Crippen LogP contribution in [0, 0.1) is 11.6 Å². The highest BCUT2D eigenvalue weighted by atomic mass is 19.1. The van der Waals surface area contributed by atoms with Crippen LogP contribution in [0.15, 0.2) is 42.5 Å². The number of hydrogen-bond donors (Lipinski definition) is 2. The normalized spacial score (nSPS) is 10.4. The maximum atomic E-state index is 13.4. The minimum Gasteiger partial charge on any atom is -0.392 e. The second-order valence-corrected chi connectivity index (χ2v) is 3.90. The third-order valence-corrected chi connectivity index (χ3v) is 2.67. The van der Waals surface area contributed by atoms with Crippen molar-refractivity contribution in [3.8, 4) is 0 Å². The van der Waals surface area contributed by atoms with E-state index in [-0.39, 0.29) is 13.2 Å². The Morgan fingerprint density at radius 1 is 1.00 bits per heavy atom. The average Bonchev–Trinajstić information content (AvgIpc) is 2.38. The molecule has 2 nitrogen and oxygen atoms in total. The number of anilines is 1. The Morgan fingerprint density at radius 3 is 2.50 bits per heavy atom. The lowest BCUT2D eigenvalue weighted by Gasteiger charge is -2.11. The summed E-state index contributed by atoms with van der Waals surface area (Å²) in [5, 5.41) is 12.2. The Balaban J connectivity index is 2.11. The topological polar surface area (TPSA) is 32.3 Å². The van der Waals surface area contributed by atoms with Crippen LogP contribution in [-0.2, 0) is 13.2 Å². The predicted octanol–water partition coefficient (Wildman–Crippen LogP) is 3.07. The van der Waals surface area contributed by atoms with Crippen molar-refractivity contribution in [1.82, 2.24) is 0 Å². The molecule has 4 heteroatoms. The fourth-order valence-electron chi connectivity index (χ4n) is 1.69. The lowest BCUT2D eigenvalue weighted by atomic mass is 10.1. The Labute approximate surface area is 104 Å². The molecule has 18 heavy (non-hydrogen) atoms. The van der Waals surface area contributed by atoms with E-state index in [4.69, 9.17) is 5.11 Å². The number of aliphatic hydroxyl groups is 1. The van der Waals surface area contributed by atoms with Crippen LogP contribution < -0.4 is 5.32 Å². The largest absolute Gasteiger partial charge is 0.392 e. The van der Waals surface area contributed by atoms with Crippen LogP contribution in [0.5, 0.6) is 0 Å². The SMILES string of the molecule is OCc1ccccc1NCc1ccc(F)cc1F. The molecule has 0 amide bonds.